The monoisotopic (exact) mass is 375 g/mol. The molecule has 0 fully saturated rings. The van der Waals surface area contributed by atoms with Gasteiger partial charge in [-0.3, -0.25) is 0 Å². The van der Waals surface area contributed by atoms with Crippen molar-refractivity contribution in [3.05, 3.63) is 65.6 Å². The highest BCUT2D eigenvalue weighted by molar-refractivity contribution is 6.34. The van der Waals surface area contributed by atoms with Crippen molar-refractivity contribution in [2.75, 3.05) is 0 Å². The van der Waals surface area contributed by atoms with E-state index in [1.165, 1.54) is 6.07 Å². The van der Waals surface area contributed by atoms with Crippen LogP contribution in [-0.2, 0) is 6.18 Å². The van der Waals surface area contributed by atoms with E-state index in [1.54, 1.807) is 42.5 Å². The van der Waals surface area contributed by atoms with Crippen LogP contribution in [0, 0.1) is 0 Å². The van der Waals surface area contributed by atoms with Crippen molar-refractivity contribution in [2.45, 2.75) is 6.18 Å². The molecule has 2 heterocycles. The van der Waals surface area contributed by atoms with Gasteiger partial charge in [0, 0.05) is 21.5 Å². The maximum Gasteiger partial charge on any atom is 0.435 e. The van der Waals surface area contributed by atoms with Gasteiger partial charge in [-0.2, -0.15) is 17.9 Å². The Balaban J connectivity index is 2.24. The molecule has 2 aromatic heterocycles. The van der Waals surface area contributed by atoms with Crippen LogP contribution >= 0.6 is 11.6 Å². The summed E-state index contributed by atoms with van der Waals surface area (Å²) in [5.41, 5.74) is -0.455. The highest BCUT2D eigenvalue weighted by Crippen LogP contribution is 2.43. The lowest BCUT2D eigenvalue weighted by atomic mass is 9.97. The molecule has 0 N–H and O–H groups in total. The number of fused-ring (bicyclic) bond motifs is 1. The minimum absolute atomic E-state index is 0.201. The standard InChI is InChI=1S/C17H9ClF3N5/c18-12-7-3-1-5-10(12)14-11-6-2-4-8-13(11)23-16(17(19,20)21)15(14)26-9-22-24-25-26/h1-9H. The zero-order valence-electron chi connectivity index (χ0n) is 12.9. The third-order valence-electron chi connectivity index (χ3n) is 3.86. The first-order valence-electron chi connectivity index (χ1n) is 7.45. The maximum absolute atomic E-state index is 13.8. The van der Waals surface area contributed by atoms with E-state index < -0.39 is 11.9 Å². The van der Waals surface area contributed by atoms with Crippen LogP contribution in [0.1, 0.15) is 5.69 Å². The number of hydrogen-bond acceptors (Lipinski definition) is 4. The second-order valence-electron chi connectivity index (χ2n) is 5.43. The highest BCUT2D eigenvalue weighted by Gasteiger charge is 2.39. The minimum Gasteiger partial charge on any atom is -0.241 e. The first-order valence-corrected chi connectivity index (χ1v) is 7.83. The number of para-hydroxylation sites is 1. The summed E-state index contributed by atoms with van der Waals surface area (Å²) in [7, 11) is 0. The van der Waals surface area contributed by atoms with Crippen LogP contribution in [-0.4, -0.2) is 25.2 Å². The number of nitrogens with zero attached hydrogens (tertiary/aromatic N) is 5. The summed E-state index contributed by atoms with van der Waals surface area (Å²) in [4.78, 5) is 3.83. The average Bonchev–Trinajstić information content (AvgIpc) is 3.14. The third kappa shape index (κ3) is 2.68. The summed E-state index contributed by atoms with van der Waals surface area (Å²) in [6.07, 6.45) is -3.61. The summed E-state index contributed by atoms with van der Waals surface area (Å²) in [6.45, 7) is 0. The van der Waals surface area contributed by atoms with E-state index in [4.69, 9.17) is 11.6 Å². The number of tetrazole rings is 1. The van der Waals surface area contributed by atoms with Gasteiger partial charge in [0.1, 0.15) is 12.0 Å². The molecule has 0 aliphatic carbocycles. The predicted octanol–water partition coefficient (Wildman–Crippen LogP) is 4.55. The normalized spacial score (nSPS) is 11.8. The zero-order valence-corrected chi connectivity index (χ0v) is 13.7. The van der Waals surface area contributed by atoms with Gasteiger partial charge in [-0.05, 0) is 22.6 Å². The molecule has 0 atom stereocenters. The van der Waals surface area contributed by atoms with Crippen molar-refractivity contribution < 1.29 is 13.2 Å². The quantitative estimate of drug-likeness (QED) is 0.516. The molecule has 9 heteroatoms. The molecule has 0 aliphatic rings. The number of alkyl halides is 3. The fraction of sp³-hybridized carbons (Fsp3) is 0.0588. The number of halogens is 4. The Kier molecular flexibility index (Phi) is 3.84. The van der Waals surface area contributed by atoms with E-state index in [9.17, 15) is 13.2 Å². The van der Waals surface area contributed by atoms with Gasteiger partial charge < -0.3 is 0 Å². The van der Waals surface area contributed by atoms with Gasteiger partial charge in [0.2, 0.25) is 0 Å². The Bertz CT molecular complexity index is 1090. The lowest BCUT2D eigenvalue weighted by Crippen LogP contribution is -2.15. The Morgan fingerprint density at radius 2 is 1.69 bits per heavy atom. The van der Waals surface area contributed by atoms with Crippen LogP contribution in [0.15, 0.2) is 54.9 Å². The molecular formula is C17H9ClF3N5. The Labute approximate surface area is 150 Å². The van der Waals surface area contributed by atoms with Gasteiger partial charge in [-0.15, -0.1) is 5.10 Å². The number of hydrogen-bond donors (Lipinski definition) is 0. The lowest BCUT2D eigenvalue weighted by molar-refractivity contribution is -0.140. The molecule has 0 radical (unpaired) electrons. The van der Waals surface area contributed by atoms with Gasteiger partial charge in [0.25, 0.3) is 0 Å². The van der Waals surface area contributed by atoms with E-state index in [0.717, 1.165) is 11.0 Å². The Hall–Kier alpha value is -3.00. The molecule has 0 amide bonds. The molecule has 5 nitrogen and oxygen atoms in total. The predicted molar refractivity (Wildman–Crippen MR) is 89.9 cm³/mol. The Morgan fingerprint density at radius 1 is 0.962 bits per heavy atom. The summed E-state index contributed by atoms with van der Waals surface area (Å²) < 4.78 is 42.3. The van der Waals surface area contributed by atoms with E-state index in [-0.39, 0.29) is 16.8 Å². The molecule has 0 unspecified atom stereocenters. The molecule has 0 spiro atoms. The molecule has 26 heavy (non-hydrogen) atoms. The Morgan fingerprint density at radius 3 is 2.38 bits per heavy atom. The average molecular weight is 376 g/mol. The van der Waals surface area contributed by atoms with Crippen LogP contribution in [0.2, 0.25) is 5.02 Å². The van der Waals surface area contributed by atoms with E-state index in [0.29, 0.717) is 16.0 Å². The van der Waals surface area contributed by atoms with Gasteiger partial charge in [-0.1, -0.05) is 48.0 Å². The first kappa shape index (κ1) is 16.5. The smallest absolute Gasteiger partial charge is 0.241 e. The summed E-state index contributed by atoms with van der Waals surface area (Å²) in [5, 5.41) is 11.4. The summed E-state index contributed by atoms with van der Waals surface area (Å²) >= 11 is 6.30. The van der Waals surface area contributed by atoms with Crippen molar-refractivity contribution in [1.29, 1.82) is 0 Å². The number of rotatable bonds is 2. The highest BCUT2D eigenvalue weighted by atomic mass is 35.5. The number of pyridine rings is 1. The van der Waals surface area contributed by atoms with Crippen LogP contribution in [0.25, 0.3) is 27.7 Å². The van der Waals surface area contributed by atoms with Crippen molar-refractivity contribution in [3.8, 4) is 16.8 Å². The first-order chi connectivity index (χ1) is 12.5. The van der Waals surface area contributed by atoms with Crippen LogP contribution in [0.4, 0.5) is 13.2 Å². The second-order valence-corrected chi connectivity index (χ2v) is 5.84. The number of aromatic nitrogens is 5. The molecule has 4 rings (SSSR count). The van der Waals surface area contributed by atoms with Gasteiger partial charge in [0.15, 0.2) is 5.69 Å². The molecule has 130 valence electrons. The minimum atomic E-state index is -4.71. The van der Waals surface area contributed by atoms with Crippen molar-refractivity contribution in [1.82, 2.24) is 25.2 Å². The van der Waals surface area contributed by atoms with Gasteiger partial charge in [-0.25, -0.2) is 4.98 Å². The molecule has 4 aromatic rings. The third-order valence-corrected chi connectivity index (χ3v) is 4.19. The lowest BCUT2D eigenvalue weighted by Gasteiger charge is -2.18. The summed E-state index contributed by atoms with van der Waals surface area (Å²) in [6, 6.07) is 13.2. The van der Waals surface area contributed by atoms with Gasteiger partial charge >= 0.3 is 6.18 Å². The second kappa shape index (κ2) is 6.06. The fourth-order valence-corrected chi connectivity index (χ4v) is 3.05. The molecule has 2 aromatic carbocycles. The fourth-order valence-electron chi connectivity index (χ4n) is 2.82. The molecule has 0 bridgehead atoms. The SMILES string of the molecule is FC(F)(F)c1nc2ccccc2c(-c2ccccc2Cl)c1-n1cnnn1. The maximum atomic E-state index is 13.8. The van der Waals surface area contributed by atoms with Crippen molar-refractivity contribution in [3.63, 3.8) is 0 Å². The largest absolute Gasteiger partial charge is 0.435 e. The molecule has 0 saturated heterocycles. The molecule has 0 aliphatic heterocycles. The molecular weight excluding hydrogens is 367 g/mol. The van der Waals surface area contributed by atoms with Gasteiger partial charge in [0.05, 0.1) is 5.52 Å². The van der Waals surface area contributed by atoms with E-state index in [2.05, 4.69) is 20.5 Å². The van der Waals surface area contributed by atoms with Crippen LogP contribution in [0.3, 0.4) is 0 Å². The van der Waals surface area contributed by atoms with E-state index in [1.807, 2.05) is 0 Å². The molecule has 0 saturated carbocycles. The topological polar surface area (TPSA) is 56.5 Å². The van der Waals surface area contributed by atoms with Crippen molar-refractivity contribution >= 4 is 22.5 Å². The van der Waals surface area contributed by atoms with Crippen molar-refractivity contribution in [2.24, 2.45) is 0 Å². The zero-order chi connectivity index (χ0) is 18.3. The van der Waals surface area contributed by atoms with E-state index >= 15 is 0 Å². The number of benzene rings is 2. The summed E-state index contributed by atoms with van der Waals surface area (Å²) in [5.74, 6) is 0. The van der Waals surface area contributed by atoms with Crippen LogP contribution in [0.5, 0.6) is 0 Å². The van der Waals surface area contributed by atoms with Crippen LogP contribution < -0.4 is 0 Å².